The van der Waals surface area contributed by atoms with Gasteiger partial charge in [0.1, 0.15) is 17.3 Å². The van der Waals surface area contributed by atoms with Crippen molar-refractivity contribution < 1.29 is 13.9 Å². The largest absolute Gasteiger partial charge is 0.497 e. The molecule has 1 aromatic heterocycles. The molecule has 1 aromatic carbocycles. The summed E-state index contributed by atoms with van der Waals surface area (Å²) in [6.07, 6.45) is 2.69. The average Bonchev–Trinajstić information content (AvgIpc) is 3.09. The maximum Gasteiger partial charge on any atom is 0.271 e. The normalized spacial score (nSPS) is 20.1. The zero-order valence-electron chi connectivity index (χ0n) is 12.6. The van der Waals surface area contributed by atoms with Gasteiger partial charge in [-0.3, -0.25) is 4.79 Å². The maximum absolute atomic E-state index is 11.9. The predicted molar refractivity (Wildman–Crippen MR) is 83.3 cm³/mol. The van der Waals surface area contributed by atoms with E-state index >= 15 is 0 Å². The summed E-state index contributed by atoms with van der Waals surface area (Å²) in [6, 6.07) is 10.7. The number of carbonyl (C=O) groups is 1. The Kier molecular flexibility index (Phi) is 3.96. The summed E-state index contributed by atoms with van der Waals surface area (Å²) in [5.41, 5.74) is 3.00. The predicted octanol–water partition coefficient (Wildman–Crippen LogP) is 3.18. The first-order valence-electron chi connectivity index (χ1n) is 7.24. The molecule has 2 aromatic rings. The molecule has 5 nitrogen and oxygen atoms in total. The van der Waals surface area contributed by atoms with Crippen LogP contribution >= 0.6 is 0 Å². The lowest BCUT2D eigenvalue weighted by atomic mass is 10.2. The summed E-state index contributed by atoms with van der Waals surface area (Å²) in [4.78, 5) is 11.9. The van der Waals surface area contributed by atoms with Gasteiger partial charge in [-0.2, -0.15) is 5.10 Å². The molecule has 1 fully saturated rings. The van der Waals surface area contributed by atoms with Crippen LogP contribution in [0.1, 0.15) is 41.1 Å². The molecule has 1 aliphatic carbocycles. The Morgan fingerprint density at radius 2 is 2.05 bits per heavy atom. The highest BCUT2D eigenvalue weighted by molar-refractivity contribution is 5.94. The Balaban J connectivity index is 1.56. The Morgan fingerprint density at radius 3 is 2.68 bits per heavy atom. The minimum atomic E-state index is -0.276. The number of hydrazone groups is 1. The molecule has 22 heavy (non-hydrogen) atoms. The van der Waals surface area contributed by atoms with Crippen LogP contribution in [0.25, 0.3) is 0 Å². The minimum Gasteiger partial charge on any atom is -0.497 e. The fraction of sp³-hybridized carbons (Fsp3) is 0.294. The molecule has 5 heteroatoms. The van der Waals surface area contributed by atoms with Crippen molar-refractivity contribution in [1.82, 2.24) is 5.43 Å². The molecular formula is C17H18N2O3. The number of rotatable bonds is 5. The summed E-state index contributed by atoms with van der Waals surface area (Å²) in [5.74, 6) is 3.31. The smallest absolute Gasteiger partial charge is 0.271 e. The van der Waals surface area contributed by atoms with Crippen molar-refractivity contribution in [2.45, 2.75) is 19.3 Å². The standard InChI is InChI=1S/C17H18N2O3/c1-11-9-15(11)16-8-7-14(22-16)10-18-19-17(20)12-3-5-13(21-2)6-4-12/h3-8,10-11,15H,9H2,1-2H3,(H,19,20)/b18-10-/t11-,15-/m1/s1. The number of furan rings is 1. The molecule has 0 unspecified atom stereocenters. The topological polar surface area (TPSA) is 63.8 Å². The van der Waals surface area contributed by atoms with Gasteiger partial charge in [-0.05, 0) is 48.7 Å². The van der Waals surface area contributed by atoms with Crippen molar-refractivity contribution in [1.29, 1.82) is 0 Å². The third-order valence-electron chi connectivity index (χ3n) is 3.83. The van der Waals surface area contributed by atoms with Crippen molar-refractivity contribution in [2.24, 2.45) is 11.0 Å². The van der Waals surface area contributed by atoms with Gasteiger partial charge in [0.15, 0.2) is 0 Å². The molecule has 1 amide bonds. The number of amides is 1. The van der Waals surface area contributed by atoms with Crippen LogP contribution in [0.15, 0.2) is 45.9 Å². The van der Waals surface area contributed by atoms with E-state index in [9.17, 15) is 4.79 Å². The lowest BCUT2D eigenvalue weighted by molar-refractivity contribution is 0.0955. The van der Waals surface area contributed by atoms with Gasteiger partial charge in [-0.1, -0.05) is 6.92 Å². The van der Waals surface area contributed by atoms with E-state index in [0.29, 0.717) is 28.9 Å². The van der Waals surface area contributed by atoms with Crippen molar-refractivity contribution in [3.8, 4) is 5.75 Å². The number of nitrogens with zero attached hydrogens (tertiary/aromatic N) is 1. The van der Waals surface area contributed by atoms with E-state index in [-0.39, 0.29) is 5.91 Å². The van der Waals surface area contributed by atoms with Crippen LogP contribution in [0.5, 0.6) is 5.75 Å². The first-order chi connectivity index (χ1) is 10.7. The number of nitrogens with one attached hydrogen (secondary N) is 1. The third kappa shape index (κ3) is 3.19. The van der Waals surface area contributed by atoms with Gasteiger partial charge in [0.25, 0.3) is 5.91 Å². The van der Waals surface area contributed by atoms with Crippen LogP contribution in [-0.2, 0) is 0 Å². The second kappa shape index (κ2) is 6.05. The molecule has 1 N–H and O–H groups in total. The lowest BCUT2D eigenvalue weighted by Gasteiger charge is -2.01. The van der Waals surface area contributed by atoms with Gasteiger partial charge < -0.3 is 9.15 Å². The minimum absolute atomic E-state index is 0.276. The molecule has 1 aliphatic rings. The summed E-state index contributed by atoms with van der Waals surface area (Å²) >= 11 is 0. The molecule has 3 rings (SSSR count). The highest BCUT2D eigenvalue weighted by atomic mass is 16.5. The van der Waals surface area contributed by atoms with E-state index in [1.807, 2.05) is 12.1 Å². The van der Waals surface area contributed by atoms with Gasteiger partial charge in [-0.25, -0.2) is 5.43 Å². The number of ether oxygens (including phenoxy) is 1. The van der Waals surface area contributed by atoms with Crippen LogP contribution in [0, 0.1) is 5.92 Å². The monoisotopic (exact) mass is 298 g/mol. The molecule has 2 atom stereocenters. The molecule has 0 aliphatic heterocycles. The van der Waals surface area contributed by atoms with E-state index in [1.165, 1.54) is 12.6 Å². The molecule has 0 radical (unpaired) electrons. The molecule has 1 saturated carbocycles. The summed E-state index contributed by atoms with van der Waals surface area (Å²) in [5, 5.41) is 3.92. The Morgan fingerprint density at radius 1 is 1.32 bits per heavy atom. The van der Waals surface area contributed by atoms with Crippen LogP contribution in [0.3, 0.4) is 0 Å². The number of hydrogen-bond acceptors (Lipinski definition) is 4. The third-order valence-corrected chi connectivity index (χ3v) is 3.83. The maximum atomic E-state index is 11.9. The van der Waals surface area contributed by atoms with E-state index in [0.717, 1.165) is 5.76 Å². The zero-order valence-corrected chi connectivity index (χ0v) is 12.6. The fourth-order valence-corrected chi connectivity index (χ4v) is 2.32. The van der Waals surface area contributed by atoms with Gasteiger partial charge in [0.05, 0.1) is 13.3 Å². The van der Waals surface area contributed by atoms with E-state index in [1.54, 1.807) is 31.4 Å². The van der Waals surface area contributed by atoms with Crippen molar-refractivity contribution >= 4 is 12.1 Å². The van der Waals surface area contributed by atoms with Crippen molar-refractivity contribution in [3.63, 3.8) is 0 Å². The first kappa shape index (κ1) is 14.4. The van der Waals surface area contributed by atoms with Crippen LogP contribution < -0.4 is 10.2 Å². The van der Waals surface area contributed by atoms with Crippen LogP contribution in [-0.4, -0.2) is 19.2 Å². The van der Waals surface area contributed by atoms with E-state index in [4.69, 9.17) is 9.15 Å². The number of methoxy groups -OCH3 is 1. The number of benzene rings is 1. The first-order valence-corrected chi connectivity index (χ1v) is 7.24. The van der Waals surface area contributed by atoms with Gasteiger partial charge >= 0.3 is 0 Å². The summed E-state index contributed by atoms with van der Waals surface area (Å²) in [6.45, 7) is 2.20. The lowest BCUT2D eigenvalue weighted by Crippen LogP contribution is -2.17. The van der Waals surface area contributed by atoms with E-state index in [2.05, 4.69) is 17.5 Å². The molecule has 114 valence electrons. The Hall–Kier alpha value is -2.56. The number of carbonyl (C=O) groups excluding carboxylic acids is 1. The highest BCUT2D eigenvalue weighted by Crippen LogP contribution is 2.47. The highest BCUT2D eigenvalue weighted by Gasteiger charge is 2.36. The van der Waals surface area contributed by atoms with Gasteiger partial charge in [0, 0.05) is 11.5 Å². The summed E-state index contributed by atoms with van der Waals surface area (Å²) < 4.78 is 10.7. The average molecular weight is 298 g/mol. The fourth-order valence-electron chi connectivity index (χ4n) is 2.32. The molecule has 0 saturated heterocycles. The van der Waals surface area contributed by atoms with Gasteiger partial charge in [0.2, 0.25) is 0 Å². The second-order valence-electron chi connectivity index (χ2n) is 5.49. The zero-order chi connectivity index (χ0) is 15.5. The van der Waals surface area contributed by atoms with E-state index < -0.39 is 0 Å². The SMILES string of the molecule is COc1ccc(C(=O)N/N=C\c2ccc([C@@H]3C[C@H]3C)o2)cc1. The molecule has 0 bridgehead atoms. The number of hydrogen-bond donors (Lipinski definition) is 1. The van der Waals surface area contributed by atoms with Gasteiger partial charge in [-0.15, -0.1) is 0 Å². The molecular weight excluding hydrogens is 280 g/mol. The quantitative estimate of drug-likeness (QED) is 0.681. The second-order valence-corrected chi connectivity index (χ2v) is 5.49. The van der Waals surface area contributed by atoms with Crippen LogP contribution in [0.2, 0.25) is 0 Å². The van der Waals surface area contributed by atoms with Crippen molar-refractivity contribution in [3.05, 3.63) is 53.5 Å². The van der Waals surface area contributed by atoms with Crippen LogP contribution in [0.4, 0.5) is 0 Å². The van der Waals surface area contributed by atoms with Crippen molar-refractivity contribution in [2.75, 3.05) is 7.11 Å². The Labute approximate surface area is 129 Å². The molecule has 1 heterocycles. The summed E-state index contributed by atoms with van der Waals surface area (Å²) in [7, 11) is 1.58. The molecule has 0 spiro atoms. The Bertz CT molecular complexity index is 688.